The SMILES string of the molecule is CCOC(=O)c1c(OC(F)F)ccc(N)c1[N+](=O)[O-]. The first-order valence-electron chi connectivity index (χ1n) is 5.07. The van der Waals surface area contributed by atoms with Crippen LogP contribution in [0.2, 0.25) is 0 Å². The molecular weight excluding hydrogens is 266 g/mol. The molecule has 0 spiro atoms. The zero-order valence-corrected chi connectivity index (χ0v) is 9.76. The van der Waals surface area contributed by atoms with Crippen LogP contribution in [0.3, 0.4) is 0 Å². The molecule has 0 atom stereocenters. The molecule has 0 amide bonds. The van der Waals surface area contributed by atoms with E-state index in [4.69, 9.17) is 5.73 Å². The maximum Gasteiger partial charge on any atom is 0.387 e. The van der Waals surface area contributed by atoms with Crippen molar-refractivity contribution in [2.75, 3.05) is 12.3 Å². The van der Waals surface area contributed by atoms with Crippen LogP contribution in [0.5, 0.6) is 5.75 Å². The summed E-state index contributed by atoms with van der Waals surface area (Å²) in [5.41, 5.74) is 3.46. The van der Waals surface area contributed by atoms with Crippen molar-refractivity contribution in [3.05, 3.63) is 27.8 Å². The van der Waals surface area contributed by atoms with Crippen molar-refractivity contribution in [2.45, 2.75) is 13.5 Å². The predicted octanol–water partition coefficient (Wildman–Crippen LogP) is 1.96. The third-order valence-corrected chi connectivity index (χ3v) is 2.05. The van der Waals surface area contributed by atoms with Crippen molar-refractivity contribution in [1.82, 2.24) is 0 Å². The lowest BCUT2D eigenvalue weighted by molar-refractivity contribution is -0.384. The number of hydrogen-bond donors (Lipinski definition) is 1. The van der Waals surface area contributed by atoms with E-state index in [1.165, 1.54) is 6.92 Å². The number of halogens is 2. The number of nitrogen functional groups attached to an aromatic ring is 1. The molecule has 1 aromatic carbocycles. The van der Waals surface area contributed by atoms with E-state index in [-0.39, 0.29) is 12.3 Å². The molecule has 0 saturated carbocycles. The first kappa shape index (κ1) is 14.6. The molecule has 19 heavy (non-hydrogen) atoms. The quantitative estimate of drug-likeness (QED) is 0.381. The Bertz CT molecular complexity index is 507. The Morgan fingerprint density at radius 2 is 2.16 bits per heavy atom. The fourth-order valence-corrected chi connectivity index (χ4v) is 1.38. The number of nitro benzene ring substituents is 1. The number of nitrogens with two attached hydrogens (primary N) is 1. The van der Waals surface area contributed by atoms with Gasteiger partial charge in [-0.15, -0.1) is 0 Å². The maximum absolute atomic E-state index is 12.2. The molecule has 0 bridgehead atoms. The number of esters is 1. The van der Waals surface area contributed by atoms with Crippen LogP contribution in [-0.2, 0) is 4.74 Å². The Balaban J connectivity index is 3.44. The molecule has 0 heterocycles. The predicted molar refractivity (Wildman–Crippen MR) is 60.1 cm³/mol. The number of carbonyl (C=O) groups is 1. The summed E-state index contributed by atoms with van der Waals surface area (Å²) in [6.45, 7) is -1.86. The van der Waals surface area contributed by atoms with Gasteiger partial charge in [0.25, 0.3) is 0 Å². The van der Waals surface area contributed by atoms with Crippen LogP contribution in [0.4, 0.5) is 20.2 Å². The number of benzene rings is 1. The van der Waals surface area contributed by atoms with Gasteiger partial charge in [0.1, 0.15) is 11.4 Å². The molecule has 0 aliphatic carbocycles. The molecule has 0 saturated heterocycles. The van der Waals surface area contributed by atoms with E-state index in [9.17, 15) is 23.7 Å². The highest BCUT2D eigenvalue weighted by molar-refractivity contribution is 5.99. The van der Waals surface area contributed by atoms with Gasteiger partial charge in [-0.1, -0.05) is 0 Å². The smallest absolute Gasteiger partial charge is 0.387 e. The van der Waals surface area contributed by atoms with Gasteiger partial charge in [0.2, 0.25) is 0 Å². The minimum Gasteiger partial charge on any atom is -0.462 e. The summed E-state index contributed by atoms with van der Waals surface area (Å²) in [5, 5.41) is 10.9. The van der Waals surface area contributed by atoms with Gasteiger partial charge in [0.15, 0.2) is 5.56 Å². The van der Waals surface area contributed by atoms with Crippen molar-refractivity contribution in [2.24, 2.45) is 0 Å². The van der Waals surface area contributed by atoms with Gasteiger partial charge in [0.05, 0.1) is 11.5 Å². The van der Waals surface area contributed by atoms with Crippen molar-refractivity contribution in [3.63, 3.8) is 0 Å². The molecule has 0 aliphatic heterocycles. The minimum absolute atomic E-state index is 0.0844. The molecule has 9 heteroatoms. The molecule has 7 nitrogen and oxygen atoms in total. The normalized spacial score (nSPS) is 10.3. The highest BCUT2D eigenvalue weighted by Crippen LogP contribution is 2.35. The third kappa shape index (κ3) is 3.27. The van der Waals surface area contributed by atoms with E-state index in [1.807, 2.05) is 0 Å². The third-order valence-electron chi connectivity index (χ3n) is 2.05. The molecule has 0 radical (unpaired) electrons. The average Bonchev–Trinajstić information content (AvgIpc) is 2.30. The molecular formula is C10H10F2N2O5. The van der Waals surface area contributed by atoms with Crippen LogP contribution >= 0.6 is 0 Å². The first-order valence-corrected chi connectivity index (χ1v) is 5.07. The Morgan fingerprint density at radius 1 is 1.53 bits per heavy atom. The molecule has 0 unspecified atom stereocenters. The zero-order valence-electron chi connectivity index (χ0n) is 9.76. The molecule has 2 N–H and O–H groups in total. The lowest BCUT2D eigenvalue weighted by Gasteiger charge is -2.11. The van der Waals surface area contributed by atoms with E-state index in [2.05, 4.69) is 9.47 Å². The van der Waals surface area contributed by atoms with Gasteiger partial charge in [-0.3, -0.25) is 10.1 Å². The van der Waals surface area contributed by atoms with Gasteiger partial charge < -0.3 is 15.2 Å². The number of hydrogen-bond acceptors (Lipinski definition) is 6. The van der Waals surface area contributed by atoms with Crippen LogP contribution in [0.1, 0.15) is 17.3 Å². The summed E-state index contributed by atoms with van der Waals surface area (Å²) in [7, 11) is 0. The summed E-state index contributed by atoms with van der Waals surface area (Å²) in [6, 6.07) is 1.94. The average molecular weight is 276 g/mol. The number of ether oxygens (including phenoxy) is 2. The van der Waals surface area contributed by atoms with E-state index in [1.54, 1.807) is 0 Å². The standard InChI is InChI=1S/C10H10F2N2O5/c1-2-18-9(15)7-6(19-10(11)12)4-3-5(13)8(7)14(16)17/h3-4,10H,2,13H2,1H3. The number of nitro groups is 1. The van der Waals surface area contributed by atoms with Crippen molar-refractivity contribution in [3.8, 4) is 5.75 Å². The van der Waals surface area contributed by atoms with Crippen molar-refractivity contribution >= 4 is 17.3 Å². The number of nitrogens with zero attached hydrogens (tertiary/aromatic N) is 1. The van der Waals surface area contributed by atoms with Gasteiger partial charge >= 0.3 is 18.3 Å². The fraction of sp³-hybridized carbons (Fsp3) is 0.300. The maximum atomic E-state index is 12.2. The number of alkyl halides is 2. The monoisotopic (exact) mass is 276 g/mol. The number of carbonyl (C=O) groups excluding carboxylic acids is 1. The topological polar surface area (TPSA) is 105 Å². The lowest BCUT2D eigenvalue weighted by Crippen LogP contribution is -2.14. The highest BCUT2D eigenvalue weighted by atomic mass is 19.3. The molecule has 0 fully saturated rings. The molecule has 1 rings (SSSR count). The summed E-state index contributed by atoms with van der Waals surface area (Å²) >= 11 is 0. The molecule has 104 valence electrons. The summed E-state index contributed by atoms with van der Waals surface area (Å²) in [6.07, 6.45) is 0. The highest BCUT2D eigenvalue weighted by Gasteiger charge is 2.30. The fourth-order valence-electron chi connectivity index (χ4n) is 1.38. The van der Waals surface area contributed by atoms with Gasteiger partial charge in [-0.2, -0.15) is 8.78 Å². The second-order valence-corrected chi connectivity index (χ2v) is 3.23. The zero-order chi connectivity index (χ0) is 14.6. The van der Waals surface area contributed by atoms with Crippen LogP contribution in [0.15, 0.2) is 12.1 Å². The summed E-state index contributed by atoms with van der Waals surface area (Å²) < 4.78 is 33.1. The van der Waals surface area contributed by atoms with Gasteiger partial charge in [-0.25, -0.2) is 4.79 Å². The second-order valence-electron chi connectivity index (χ2n) is 3.23. The lowest BCUT2D eigenvalue weighted by atomic mass is 10.1. The van der Waals surface area contributed by atoms with E-state index < -0.39 is 34.5 Å². The van der Waals surface area contributed by atoms with Crippen LogP contribution < -0.4 is 10.5 Å². The second kappa shape index (κ2) is 5.94. The van der Waals surface area contributed by atoms with E-state index in [0.29, 0.717) is 0 Å². The molecule has 1 aromatic rings. The Kier molecular flexibility index (Phi) is 4.56. The van der Waals surface area contributed by atoms with Crippen LogP contribution in [-0.4, -0.2) is 24.1 Å². The van der Waals surface area contributed by atoms with Crippen LogP contribution in [0, 0.1) is 10.1 Å². The Hall–Kier alpha value is -2.45. The van der Waals surface area contributed by atoms with Gasteiger partial charge in [-0.05, 0) is 19.1 Å². The van der Waals surface area contributed by atoms with Gasteiger partial charge in [0, 0.05) is 0 Å². The molecule has 0 aromatic heterocycles. The number of rotatable bonds is 5. The minimum atomic E-state index is -3.24. The van der Waals surface area contributed by atoms with E-state index >= 15 is 0 Å². The Morgan fingerprint density at radius 3 is 2.63 bits per heavy atom. The van der Waals surface area contributed by atoms with Crippen molar-refractivity contribution < 1.29 is 28.0 Å². The van der Waals surface area contributed by atoms with E-state index in [0.717, 1.165) is 12.1 Å². The summed E-state index contributed by atoms with van der Waals surface area (Å²) in [5.74, 6) is -1.81. The summed E-state index contributed by atoms with van der Waals surface area (Å²) in [4.78, 5) is 21.5. The van der Waals surface area contributed by atoms with Crippen LogP contribution in [0.25, 0.3) is 0 Å². The van der Waals surface area contributed by atoms with Crippen molar-refractivity contribution in [1.29, 1.82) is 0 Å². The molecule has 0 aliphatic rings. The Labute approximate surface area is 106 Å². The first-order chi connectivity index (χ1) is 8.88. The number of anilines is 1. The largest absolute Gasteiger partial charge is 0.462 e.